The van der Waals surface area contributed by atoms with Gasteiger partial charge in [-0.1, -0.05) is 58.9 Å². The molecule has 1 aliphatic heterocycles. The largest absolute Gasteiger partial charge is 0.326 e. The van der Waals surface area contributed by atoms with Crippen LogP contribution in [-0.4, -0.2) is 28.1 Å². The van der Waals surface area contributed by atoms with E-state index in [2.05, 4.69) is 69.9 Å². The van der Waals surface area contributed by atoms with E-state index in [0.29, 0.717) is 11.7 Å². The van der Waals surface area contributed by atoms with Crippen molar-refractivity contribution in [2.24, 2.45) is 5.92 Å². The molecule has 1 aromatic carbocycles. The summed E-state index contributed by atoms with van der Waals surface area (Å²) in [5, 5.41) is 0.0576. The quantitative estimate of drug-likeness (QED) is 0.668. The smallest absolute Gasteiger partial charge is 0.233 e. The molecule has 1 aliphatic rings. The van der Waals surface area contributed by atoms with Crippen molar-refractivity contribution < 1.29 is 4.79 Å². The second kappa shape index (κ2) is 8.05. The Balaban J connectivity index is 1.93. The number of hydrogen-bond acceptors (Lipinski definition) is 3. The van der Waals surface area contributed by atoms with Gasteiger partial charge in [0.15, 0.2) is 0 Å². The first-order chi connectivity index (χ1) is 12.8. The van der Waals surface area contributed by atoms with E-state index in [1.807, 2.05) is 17.3 Å². The number of rotatable bonds is 5. The minimum absolute atomic E-state index is 0.0576. The Morgan fingerprint density at radius 1 is 1.19 bits per heavy atom. The zero-order valence-corrected chi connectivity index (χ0v) is 17.8. The van der Waals surface area contributed by atoms with Gasteiger partial charge >= 0.3 is 0 Å². The molecular formula is C23H30N2OS. The van der Waals surface area contributed by atoms with E-state index in [1.54, 1.807) is 11.8 Å². The van der Waals surface area contributed by atoms with Crippen molar-refractivity contribution in [2.45, 2.75) is 51.8 Å². The highest BCUT2D eigenvalue weighted by molar-refractivity contribution is 8.00. The minimum Gasteiger partial charge on any atom is -0.326 e. The fraction of sp³-hybridized carbons (Fsp3) is 0.478. The molecule has 0 saturated carbocycles. The van der Waals surface area contributed by atoms with Crippen LogP contribution < -0.4 is 0 Å². The highest BCUT2D eigenvalue weighted by atomic mass is 32.2. The summed E-state index contributed by atoms with van der Waals surface area (Å²) in [5.74, 6) is 1.38. The second-order valence-electron chi connectivity index (χ2n) is 8.72. The van der Waals surface area contributed by atoms with Gasteiger partial charge in [0.05, 0.1) is 5.75 Å². The van der Waals surface area contributed by atoms with Crippen molar-refractivity contribution in [1.29, 1.82) is 0 Å². The Labute approximate surface area is 167 Å². The average Bonchev–Trinajstić information content (AvgIpc) is 3.00. The first-order valence-electron chi connectivity index (χ1n) is 9.73. The Morgan fingerprint density at radius 3 is 2.52 bits per heavy atom. The molecule has 0 radical (unpaired) electrons. The number of benzene rings is 1. The standard InChI is InChI=1S/C23H30N2OS/c1-16(2)11-13-25-21(26)15-27-22(25)20-14-24-12-10-19(20)17-6-8-18(9-7-17)23(3,4)5/h6-10,12,14,16,22H,11,13,15H2,1-5H3. The van der Waals surface area contributed by atoms with Crippen molar-refractivity contribution >= 4 is 17.7 Å². The predicted octanol–water partition coefficient (Wildman–Crippen LogP) is 5.67. The fourth-order valence-corrected chi connectivity index (χ4v) is 4.60. The Bertz CT molecular complexity index is 793. The molecule has 1 saturated heterocycles. The van der Waals surface area contributed by atoms with Gasteiger partial charge in [-0.05, 0) is 40.5 Å². The molecular weight excluding hydrogens is 352 g/mol. The van der Waals surface area contributed by atoms with Crippen LogP contribution in [0.25, 0.3) is 11.1 Å². The molecule has 0 spiro atoms. The number of hydrogen-bond donors (Lipinski definition) is 0. The molecule has 144 valence electrons. The maximum Gasteiger partial charge on any atom is 0.233 e. The van der Waals surface area contributed by atoms with Gasteiger partial charge in [0.25, 0.3) is 0 Å². The van der Waals surface area contributed by atoms with Gasteiger partial charge in [0.2, 0.25) is 5.91 Å². The van der Waals surface area contributed by atoms with Gasteiger partial charge in [-0.25, -0.2) is 0 Å². The van der Waals surface area contributed by atoms with Crippen LogP contribution in [0.1, 0.15) is 57.5 Å². The van der Waals surface area contributed by atoms with E-state index >= 15 is 0 Å². The zero-order chi connectivity index (χ0) is 19.6. The number of amides is 1. The first-order valence-corrected chi connectivity index (χ1v) is 10.8. The maximum absolute atomic E-state index is 12.5. The molecule has 3 nitrogen and oxygen atoms in total. The van der Waals surface area contributed by atoms with Gasteiger partial charge in [-0.15, -0.1) is 11.8 Å². The van der Waals surface area contributed by atoms with E-state index in [1.165, 1.54) is 16.7 Å². The fourth-order valence-electron chi connectivity index (χ4n) is 3.37. The molecule has 1 amide bonds. The molecule has 2 aromatic rings. The summed E-state index contributed by atoms with van der Waals surface area (Å²) >= 11 is 1.72. The molecule has 27 heavy (non-hydrogen) atoms. The molecule has 1 aromatic heterocycles. The minimum atomic E-state index is 0.0576. The number of thioether (sulfide) groups is 1. The van der Waals surface area contributed by atoms with Crippen molar-refractivity contribution in [3.05, 3.63) is 53.9 Å². The lowest BCUT2D eigenvalue weighted by Gasteiger charge is -2.26. The van der Waals surface area contributed by atoms with Crippen LogP contribution in [0.3, 0.4) is 0 Å². The van der Waals surface area contributed by atoms with Gasteiger partial charge in [-0.2, -0.15) is 0 Å². The number of pyridine rings is 1. The van der Waals surface area contributed by atoms with E-state index in [0.717, 1.165) is 18.5 Å². The van der Waals surface area contributed by atoms with Gasteiger partial charge in [0, 0.05) is 24.5 Å². The highest BCUT2D eigenvalue weighted by Crippen LogP contribution is 2.42. The summed E-state index contributed by atoms with van der Waals surface area (Å²) in [6.07, 6.45) is 4.81. The van der Waals surface area contributed by atoms with Crippen molar-refractivity contribution in [1.82, 2.24) is 9.88 Å². The Kier molecular flexibility index (Phi) is 5.95. The molecule has 1 fully saturated rings. The van der Waals surface area contributed by atoms with Crippen molar-refractivity contribution in [3.63, 3.8) is 0 Å². The third-order valence-corrected chi connectivity index (χ3v) is 6.33. The lowest BCUT2D eigenvalue weighted by atomic mass is 9.86. The predicted molar refractivity (Wildman–Crippen MR) is 115 cm³/mol. The monoisotopic (exact) mass is 382 g/mol. The molecule has 0 aliphatic carbocycles. The lowest BCUT2D eigenvalue weighted by Crippen LogP contribution is -2.30. The average molecular weight is 383 g/mol. The molecule has 4 heteroatoms. The molecule has 2 heterocycles. The molecule has 0 N–H and O–H groups in total. The van der Waals surface area contributed by atoms with Gasteiger partial charge in [0.1, 0.15) is 5.37 Å². The van der Waals surface area contributed by atoms with E-state index in [9.17, 15) is 4.79 Å². The van der Waals surface area contributed by atoms with Crippen molar-refractivity contribution in [2.75, 3.05) is 12.3 Å². The molecule has 1 unspecified atom stereocenters. The third kappa shape index (κ3) is 4.55. The Morgan fingerprint density at radius 2 is 1.89 bits per heavy atom. The number of carbonyl (C=O) groups excluding carboxylic acids is 1. The topological polar surface area (TPSA) is 33.2 Å². The lowest BCUT2D eigenvalue weighted by molar-refractivity contribution is -0.128. The summed E-state index contributed by atoms with van der Waals surface area (Å²) in [7, 11) is 0. The number of aromatic nitrogens is 1. The van der Waals surface area contributed by atoms with E-state index in [-0.39, 0.29) is 16.7 Å². The van der Waals surface area contributed by atoms with Crippen LogP contribution in [0.15, 0.2) is 42.7 Å². The van der Waals surface area contributed by atoms with Crippen LogP contribution in [0.2, 0.25) is 0 Å². The summed E-state index contributed by atoms with van der Waals surface area (Å²) in [4.78, 5) is 18.9. The van der Waals surface area contributed by atoms with Gasteiger partial charge in [-0.3, -0.25) is 9.78 Å². The molecule has 0 bridgehead atoms. The summed E-state index contributed by atoms with van der Waals surface area (Å²) < 4.78 is 0. The highest BCUT2D eigenvalue weighted by Gasteiger charge is 2.34. The van der Waals surface area contributed by atoms with Gasteiger partial charge < -0.3 is 4.90 Å². The first kappa shape index (κ1) is 19.9. The SMILES string of the molecule is CC(C)CCN1C(=O)CSC1c1cnccc1-c1ccc(C(C)(C)C)cc1. The van der Waals surface area contributed by atoms with Crippen LogP contribution in [0, 0.1) is 5.92 Å². The summed E-state index contributed by atoms with van der Waals surface area (Å²) in [6, 6.07) is 10.9. The maximum atomic E-state index is 12.5. The Hall–Kier alpha value is -1.81. The van der Waals surface area contributed by atoms with Crippen LogP contribution in [0.5, 0.6) is 0 Å². The van der Waals surface area contributed by atoms with E-state index in [4.69, 9.17) is 0 Å². The summed E-state index contributed by atoms with van der Waals surface area (Å²) in [5.41, 5.74) is 4.96. The van der Waals surface area contributed by atoms with Crippen LogP contribution in [0.4, 0.5) is 0 Å². The van der Waals surface area contributed by atoms with E-state index < -0.39 is 0 Å². The molecule has 1 atom stereocenters. The van der Waals surface area contributed by atoms with Crippen LogP contribution in [-0.2, 0) is 10.2 Å². The normalized spacial score (nSPS) is 17.8. The zero-order valence-electron chi connectivity index (χ0n) is 17.0. The summed E-state index contributed by atoms with van der Waals surface area (Å²) in [6.45, 7) is 11.9. The van der Waals surface area contributed by atoms with Crippen LogP contribution >= 0.6 is 11.8 Å². The second-order valence-corrected chi connectivity index (χ2v) is 9.79. The molecule has 3 rings (SSSR count). The van der Waals surface area contributed by atoms with Crippen molar-refractivity contribution in [3.8, 4) is 11.1 Å². The number of carbonyl (C=O) groups is 1. The number of nitrogens with zero attached hydrogens (tertiary/aromatic N) is 2. The third-order valence-electron chi connectivity index (χ3n) is 5.10.